The van der Waals surface area contributed by atoms with Crippen molar-refractivity contribution in [1.29, 1.82) is 0 Å². The standard InChI is InChI=1S/C52H35NS/c1-2-11-36(12-3-1)37-23-25-38(26-24-37)39-27-31-44(32-28-39)53(49-20-10-22-51-52(49)48-18-6-7-21-50(48)54-51)45-33-29-40(30-34-45)42-15-8-16-43(35-42)47-19-9-14-41-13-4-5-17-46(41)47/h1-35H. The maximum absolute atomic E-state index is 2.42. The van der Waals surface area contributed by atoms with E-state index in [1.54, 1.807) is 0 Å². The highest BCUT2D eigenvalue weighted by atomic mass is 32.1. The second kappa shape index (κ2) is 13.7. The minimum Gasteiger partial charge on any atom is -0.310 e. The molecule has 2 heteroatoms. The Morgan fingerprint density at radius 1 is 0.315 bits per heavy atom. The van der Waals surface area contributed by atoms with Crippen molar-refractivity contribution in [3.05, 3.63) is 212 Å². The summed E-state index contributed by atoms with van der Waals surface area (Å²) in [5, 5.41) is 5.10. The van der Waals surface area contributed by atoms with Gasteiger partial charge in [0.2, 0.25) is 0 Å². The lowest BCUT2D eigenvalue weighted by Crippen LogP contribution is -2.10. The van der Waals surface area contributed by atoms with Crippen molar-refractivity contribution in [3.63, 3.8) is 0 Å². The first-order valence-corrected chi connectivity index (χ1v) is 19.2. The van der Waals surface area contributed by atoms with E-state index in [1.807, 2.05) is 11.3 Å². The Kier molecular flexibility index (Phi) is 8.09. The van der Waals surface area contributed by atoms with Crippen LogP contribution in [-0.4, -0.2) is 0 Å². The van der Waals surface area contributed by atoms with Crippen molar-refractivity contribution in [3.8, 4) is 44.5 Å². The first-order chi connectivity index (χ1) is 26.8. The third-order valence-corrected chi connectivity index (χ3v) is 11.6. The summed E-state index contributed by atoms with van der Waals surface area (Å²) in [4.78, 5) is 2.42. The van der Waals surface area contributed by atoms with Crippen LogP contribution in [0.1, 0.15) is 0 Å². The Balaban J connectivity index is 1.04. The molecule has 0 amide bonds. The van der Waals surface area contributed by atoms with Crippen molar-refractivity contribution >= 4 is 59.3 Å². The largest absolute Gasteiger partial charge is 0.310 e. The van der Waals surface area contributed by atoms with E-state index in [4.69, 9.17) is 0 Å². The van der Waals surface area contributed by atoms with Crippen LogP contribution in [-0.2, 0) is 0 Å². The molecule has 10 aromatic rings. The van der Waals surface area contributed by atoms with Gasteiger partial charge in [0.05, 0.1) is 5.69 Å². The molecule has 0 atom stereocenters. The monoisotopic (exact) mass is 705 g/mol. The highest BCUT2D eigenvalue weighted by Gasteiger charge is 2.19. The normalized spacial score (nSPS) is 11.3. The van der Waals surface area contributed by atoms with Crippen molar-refractivity contribution in [1.82, 2.24) is 0 Å². The van der Waals surface area contributed by atoms with Crippen LogP contribution in [0.3, 0.4) is 0 Å². The molecule has 1 heterocycles. The van der Waals surface area contributed by atoms with Crippen LogP contribution in [0.25, 0.3) is 75.5 Å². The van der Waals surface area contributed by atoms with Gasteiger partial charge in [-0.3, -0.25) is 0 Å². The number of thiophene rings is 1. The minimum atomic E-state index is 1.12. The SMILES string of the molecule is c1ccc(-c2ccc(-c3ccc(N(c4ccc(-c5cccc(-c6cccc7ccccc67)c5)cc4)c4cccc5sc6ccccc6c45)cc3)cc2)cc1. The van der Waals surface area contributed by atoms with Crippen molar-refractivity contribution in [2.45, 2.75) is 0 Å². The molecule has 0 aliphatic heterocycles. The molecule has 0 fully saturated rings. The zero-order valence-corrected chi connectivity index (χ0v) is 30.4. The maximum atomic E-state index is 2.42. The first kappa shape index (κ1) is 32.0. The quantitative estimate of drug-likeness (QED) is 0.160. The van der Waals surface area contributed by atoms with Gasteiger partial charge in [0.15, 0.2) is 0 Å². The molecule has 0 saturated heterocycles. The summed E-state index contributed by atoms with van der Waals surface area (Å²) >= 11 is 1.86. The molecule has 10 rings (SSSR count). The van der Waals surface area contributed by atoms with Gasteiger partial charge < -0.3 is 4.90 Å². The number of rotatable bonds is 7. The second-order valence-corrected chi connectivity index (χ2v) is 14.8. The summed E-state index contributed by atoms with van der Waals surface area (Å²) in [6.45, 7) is 0. The fraction of sp³-hybridized carbons (Fsp3) is 0. The minimum absolute atomic E-state index is 1.12. The average molecular weight is 706 g/mol. The molecule has 0 unspecified atom stereocenters. The molecule has 1 aromatic heterocycles. The fourth-order valence-corrected chi connectivity index (χ4v) is 8.93. The average Bonchev–Trinajstić information content (AvgIpc) is 3.64. The molecule has 0 aliphatic carbocycles. The van der Waals surface area contributed by atoms with Crippen LogP contribution in [0, 0.1) is 0 Å². The number of anilines is 3. The van der Waals surface area contributed by atoms with Crippen LogP contribution in [0.2, 0.25) is 0 Å². The van der Waals surface area contributed by atoms with Crippen LogP contribution in [0.5, 0.6) is 0 Å². The summed E-state index contributed by atoms with van der Waals surface area (Å²) in [7, 11) is 0. The smallest absolute Gasteiger partial charge is 0.0554 e. The van der Waals surface area contributed by atoms with E-state index in [2.05, 4.69) is 217 Å². The van der Waals surface area contributed by atoms with Crippen molar-refractivity contribution < 1.29 is 0 Å². The second-order valence-electron chi connectivity index (χ2n) is 13.7. The lowest BCUT2D eigenvalue weighted by atomic mass is 9.95. The van der Waals surface area contributed by atoms with Crippen LogP contribution < -0.4 is 4.90 Å². The molecule has 0 radical (unpaired) electrons. The molecule has 9 aromatic carbocycles. The summed E-state index contributed by atoms with van der Waals surface area (Å²) in [5.74, 6) is 0. The van der Waals surface area contributed by atoms with E-state index < -0.39 is 0 Å². The van der Waals surface area contributed by atoms with Gasteiger partial charge in [-0.25, -0.2) is 0 Å². The molecule has 0 bridgehead atoms. The topological polar surface area (TPSA) is 3.24 Å². The number of hydrogen-bond acceptors (Lipinski definition) is 2. The van der Waals surface area contributed by atoms with Gasteiger partial charge >= 0.3 is 0 Å². The third-order valence-electron chi connectivity index (χ3n) is 10.5. The van der Waals surface area contributed by atoms with Crippen molar-refractivity contribution in [2.75, 3.05) is 4.90 Å². The zero-order valence-electron chi connectivity index (χ0n) is 29.6. The molecule has 54 heavy (non-hydrogen) atoms. The molecular formula is C52H35NS. The highest BCUT2D eigenvalue weighted by Crippen LogP contribution is 2.45. The lowest BCUT2D eigenvalue weighted by Gasteiger charge is -2.27. The molecule has 1 nitrogen and oxygen atoms in total. The van der Waals surface area contributed by atoms with E-state index in [0.717, 1.165) is 11.4 Å². The fourth-order valence-electron chi connectivity index (χ4n) is 7.80. The molecule has 0 aliphatic rings. The molecule has 0 N–H and O–H groups in total. The molecule has 0 spiro atoms. The predicted octanol–water partition coefficient (Wildman–Crippen LogP) is 15.3. The van der Waals surface area contributed by atoms with E-state index in [0.29, 0.717) is 0 Å². The highest BCUT2D eigenvalue weighted by molar-refractivity contribution is 7.26. The van der Waals surface area contributed by atoms with Gasteiger partial charge in [-0.2, -0.15) is 0 Å². The summed E-state index contributed by atoms with van der Waals surface area (Å²) < 4.78 is 2.59. The number of nitrogens with zero attached hydrogens (tertiary/aromatic N) is 1. The molecule has 254 valence electrons. The molecular weight excluding hydrogens is 671 g/mol. The summed E-state index contributed by atoms with van der Waals surface area (Å²) in [6.07, 6.45) is 0. The van der Waals surface area contributed by atoms with Gasteiger partial charge in [0, 0.05) is 31.5 Å². The zero-order chi connectivity index (χ0) is 35.8. The van der Waals surface area contributed by atoms with Gasteiger partial charge in [-0.1, -0.05) is 164 Å². The summed E-state index contributed by atoms with van der Waals surface area (Å²) in [5.41, 5.74) is 13.1. The predicted molar refractivity (Wildman–Crippen MR) is 233 cm³/mol. The molecule has 0 saturated carbocycles. The maximum Gasteiger partial charge on any atom is 0.0554 e. The van der Waals surface area contributed by atoms with Crippen molar-refractivity contribution in [2.24, 2.45) is 0 Å². The van der Waals surface area contributed by atoms with Gasteiger partial charge in [0.25, 0.3) is 0 Å². The van der Waals surface area contributed by atoms with Gasteiger partial charge in [-0.05, 0) is 104 Å². The van der Waals surface area contributed by atoms with Gasteiger partial charge in [-0.15, -0.1) is 11.3 Å². The van der Waals surface area contributed by atoms with E-state index in [9.17, 15) is 0 Å². The number of benzene rings is 9. The third kappa shape index (κ3) is 5.84. The van der Waals surface area contributed by atoms with Gasteiger partial charge in [0.1, 0.15) is 0 Å². The lowest BCUT2D eigenvalue weighted by molar-refractivity contribution is 1.30. The Hall–Kier alpha value is -6.74. The number of hydrogen-bond donors (Lipinski definition) is 0. The summed E-state index contributed by atoms with van der Waals surface area (Å²) in [6, 6.07) is 77.1. The van der Waals surface area contributed by atoms with Crippen LogP contribution >= 0.6 is 11.3 Å². The Labute approximate surface area is 319 Å². The first-order valence-electron chi connectivity index (χ1n) is 18.4. The van der Waals surface area contributed by atoms with Crippen LogP contribution in [0.4, 0.5) is 17.1 Å². The Morgan fingerprint density at radius 3 is 1.52 bits per heavy atom. The van der Waals surface area contributed by atoms with E-state index in [1.165, 1.54) is 81.1 Å². The van der Waals surface area contributed by atoms with E-state index >= 15 is 0 Å². The number of fused-ring (bicyclic) bond motifs is 4. The van der Waals surface area contributed by atoms with Crippen LogP contribution in [0.15, 0.2) is 212 Å². The Bertz CT molecular complexity index is 2900. The van der Waals surface area contributed by atoms with E-state index in [-0.39, 0.29) is 0 Å². The Morgan fingerprint density at radius 2 is 0.796 bits per heavy atom.